The lowest BCUT2D eigenvalue weighted by atomic mass is 10.1. The summed E-state index contributed by atoms with van der Waals surface area (Å²) >= 11 is 6.13. The average molecular weight is 265 g/mol. The van der Waals surface area contributed by atoms with Crippen molar-refractivity contribution in [2.24, 2.45) is 15.9 Å². The van der Waals surface area contributed by atoms with Crippen LogP contribution in [0.25, 0.3) is 0 Å². The Kier molecular flexibility index (Phi) is 3.53. The number of oxime groups is 1. The van der Waals surface area contributed by atoms with Crippen LogP contribution in [0.2, 0.25) is 5.02 Å². The second kappa shape index (κ2) is 5.10. The van der Waals surface area contributed by atoms with E-state index in [1.54, 1.807) is 12.1 Å². The third-order valence-electron chi connectivity index (χ3n) is 2.51. The van der Waals surface area contributed by atoms with Crippen molar-refractivity contribution in [3.8, 4) is 0 Å². The number of hydrogen-bond acceptors (Lipinski definition) is 4. The second-order valence-corrected chi connectivity index (χ2v) is 4.26. The van der Waals surface area contributed by atoms with Crippen molar-refractivity contribution in [3.05, 3.63) is 46.6 Å². The predicted molar refractivity (Wildman–Crippen MR) is 72.1 cm³/mol. The average Bonchev–Trinajstić information content (AvgIpc) is 2.37. The largest absolute Gasteiger partial charge is 0.409 e. The molecule has 0 spiro atoms. The van der Waals surface area contributed by atoms with Crippen LogP contribution < -0.4 is 11.1 Å². The fourth-order valence-electron chi connectivity index (χ4n) is 1.70. The molecule has 1 unspecified atom stereocenters. The molecule has 1 aromatic carbocycles. The van der Waals surface area contributed by atoms with Gasteiger partial charge < -0.3 is 16.3 Å². The predicted octanol–water partition coefficient (Wildman–Crippen LogP) is 1.71. The van der Waals surface area contributed by atoms with Crippen LogP contribution in [0.15, 0.2) is 46.2 Å². The van der Waals surface area contributed by atoms with Crippen LogP contribution in [0.3, 0.4) is 0 Å². The zero-order valence-electron chi connectivity index (χ0n) is 9.76. The molecule has 0 bridgehead atoms. The standard InChI is InChI=1S/C12H13ClN4O/c1-7-15-10(6-11(16-7)12(14)17-18)8-4-2-3-5-9(8)13/h2-7,16,18H,1H3,(H2,14,17). The van der Waals surface area contributed by atoms with Gasteiger partial charge in [-0.25, -0.2) is 0 Å². The van der Waals surface area contributed by atoms with E-state index < -0.39 is 0 Å². The number of nitrogens with one attached hydrogen (secondary N) is 1. The summed E-state index contributed by atoms with van der Waals surface area (Å²) in [5.41, 5.74) is 7.61. The van der Waals surface area contributed by atoms with E-state index in [0.29, 0.717) is 16.4 Å². The first-order valence-corrected chi connectivity index (χ1v) is 5.78. The zero-order chi connectivity index (χ0) is 13.1. The highest BCUT2D eigenvalue weighted by Gasteiger charge is 2.17. The molecule has 0 aromatic heterocycles. The molecule has 1 atom stereocenters. The molecule has 4 N–H and O–H groups in total. The van der Waals surface area contributed by atoms with Gasteiger partial charge in [0.2, 0.25) is 0 Å². The van der Waals surface area contributed by atoms with E-state index in [0.717, 1.165) is 5.56 Å². The van der Waals surface area contributed by atoms with E-state index in [1.165, 1.54) is 0 Å². The quantitative estimate of drug-likeness (QED) is 0.329. The van der Waals surface area contributed by atoms with E-state index >= 15 is 0 Å². The van der Waals surface area contributed by atoms with E-state index in [-0.39, 0.29) is 12.0 Å². The highest BCUT2D eigenvalue weighted by molar-refractivity contribution is 6.35. The van der Waals surface area contributed by atoms with Gasteiger partial charge in [-0.15, -0.1) is 0 Å². The molecule has 5 nitrogen and oxygen atoms in total. The van der Waals surface area contributed by atoms with Gasteiger partial charge in [-0.3, -0.25) is 4.99 Å². The van der Waals surface area contributed by atoms with Gasteiger partial charge >= 0.3 is 0 Å². The highest BCUT2D eigenvalue weighted by Crippen LogP contribution is 2.19. The molecule has 0 aliphatic carbocycles. The van der Waals surface area contributed by atoms with E-state index in [4.69, 9.17) is 22.5 Å². The summed E-state index contributed by atoms with van der Waals surface area (Å²) in [4.78, 5) is 4.43. The van der Waals surface area contributed by atoms with Crippen molar-refractivity contribution >= 4 is 23.1 Å². The molecule has 0 saturated heterocycles. The van der Waals surface area contributed by atoms with Gasteiger partial charge in [-0.2, -0.15) is 0 Å². The molecule has 94 valence electrons. The molecule has 1 aromatic rings. The van der Waals surface area contributed by atoms with Gasteiger partial charge in [0.15, 0.2) is 5.84 Å². The van der Waals surface area contributed by atoms with Crippen LogP contribution in [-0.4, -0.2) is 22.9 Å². The Morgan fingerprint density at radius 3 is 2.89 bits per heavy atom. The van der Waals surface area contributed by atoms with Crippen LogP contribution in [0.4, 0.5) is 0 Å². The van der Waals surface area contributed by atoms with Crippen molar-refractivity contribution in [2.45, 2.75) is 13.1 Å². The number of aliphatic imine (C=N–C) groups is 1. The van der Waals surface area contributed by atoms with E-state index in [1.807, 2.05) is 25.1 Å². The van der Waals surface area contributed by atoms with Crippen molar-refractivity contribution in [3.63, 3.8) is 0 Å². The maximum atomic E-state index is 8.70. The normalized spacial score (nSPS) is 19.9. The van der Waals surface area contributed by atoms with E-state index in [9.17, 15) is 0 Å². The minimum absolute atomic E-state index is 0.0151. The Labute approximate surface area is 110 Å². The molecule has 0 saturated carbocycles. The number of benzene rings is 1. The van der Waals surface area contributed by atoms with Crippen molar-refractivity contribution in [2.75, 3.05) is 0 Å². The summed E-state index contributed by atoms with van der Waals surface area (Å²) < 4.78 is 0. The number of nitrogens with zero attached hydrogens (tertiary/aromatic N) is 2. The topological polar surface area (TPSA) is 83.0 Å². The molecule has 0 radical (unpaired) electrons. The summed E-state index contributed by atoms with van der Waals surface area (Å²) in [5.74, 6) is 0.0151. The summed E-state index contributed by atoms with van der Waals surface area (Å²) in [6, 6.07) is 7.40. The summed E-state index contributed by atoms with van der Waals surface area (Å²) in [6.07, 6.45) is 1.53. The molecule has 0 fully saturated rings. The zero-order valence-corrected chi connectivity index (χ0v) is 10.5. The molecular formula is C12H13ClN4O. The van der Waals surface area contributed by atoms with E-state index in [2.05, 4.69) is 15.5 Å². The second-order valence-electron chi connectivity index (χ2n) is 3.86. The Morgan fingerprint density at radius 2 is 2.22 bits per heavy atom. The third kappa shape index (κ3) is 2.46. The number of halogens is 1. The Hall–Kier alpha value is -2.01. The van der Waals surface area contributed by atoms with Crippen LogP contribution in [-0.2, 0) is 0 Å². The lowest BCUT2D eigenvalue weighted by Crippen LogP contribution is -2.36. The maximum Gasteiger partial charge on any atom is 0.186 e. The van der Waals surface area contributed by atoms with Crippen molar-refractivity contribution in [1.82, 2.24) is 5.32 Å². The smallest absolute Gasteiger partial charge is 0.186 e. The SMILES string of the molecule is CC1N=C(c2ccccc2Cl)C=C(/C(N)=N/O)N1. The Morgan fingerprint density at radius 1 is 1.50 bits per heavy atom. The van der Waals surface area contributed by atoms with Crippen LogP contribution in [0.5, 0.6) is 0 Å². The number of nitrogens with two attached hydrogens (primary N) is 1. The van der Waals surface area contributed by atoms with Gasteiger partial charge in [-0.05, 0) is 19.1 Å². The van der Waals surface area contributed by atoms with Gasteiger partial charge in [0.25, 0.3) is 0 Å². The number of hydrogen-bond donors (Lipinski definition) is 3. The first-order chi connectivity index (χ1) is 8.61. The Balaban J connectivity index is 2.45. The van der Waals surface area contributed by atoms with Crippen molar-refractivity contribution < 1.29 is 5.21 Å². The maximum absolute atomic E-state index is 8.70. The summed E-state index contributed by atoms with van der Waals surface area (Å²) in [5, 5.41) is 15.3. The molecule has 1 aliphatic heterocycles. The fourth-order valence-corrected chi connectivity index (χ4v) is 1.93. The third-order valence-corrected chi connectivity index (χ3v) is 2.84. The minimum atomic E-state index is -0.170. The van der Waals surface area contributed by atoms with Crippen LogP contribution >= 0.6 is 11.6 Å². The molecule has 18 heavy (non-hydrogen) atoms. The monoisotopic (exact) mass is 264 g/mol. The molecule has 6 heteroatoms. The minimum Gasteiger partial charge on any atom is -0.409 e. The molecule has 2 rings (SSSR count). The highest BCUT2D eigenvalue weighted by atomic mass is 35.5. The number of amidine groups is 1. The lowest BCUT2D eigenvalue weighted by Gasteiger charge is -2.20. The van der Waals surface area contributed by atoms with Gasteiger partial charge in [0.05, 0.1) is 11.4 Å². The fraction of sp³-hybridized carbons (Fsp3) is 0.167. The first kappa shape index (κ1) is 12.4. The Bertz CT molecular complexity index is 551. The summed E-state index contributed by atoms with van der Waals surface area (Å²) in [6.45, 7) is 1.87. The van der Waals surface area contributed by atoms with Crippen LogP contribution in [0, 0.1) is 0 Å². The summed E-state index contributed by atoms with van der Waals surface area (Å²) in [7, 11) is 0. The number of rotatable bonds is 2. The van der Waals surface area contributed by atoms with Gasteiger partial charge in [0, 0.05) is 10.6 Å². The van der Waals surface area contributed by atoms with Crippen LogP contribution in [0.1, 0.15) is 12.5 Å². The molecule has 1 aliphatic rings. The molecule has 0 amide bonds. The lowest BCUT2D eigenvalue weighted by molar-refractivity contribution is 0.318. The van der Waals surface area contributed by atoms with Gasteiger partial charge in [0.1, 0.15) is 6.17 Å². The molecule has 1 heterocycles. The number of allylic oxidation sites excluding steroid dienone is 1. The molecular weight excluding hydrogens is 252 g/mol. The van der Waals surface area contributed by atoms with Crippen molar-refractivity contribution in [1.29, 1.82) is 0 Å². The first-order valence-electron chi connectivity index (χ1n) is 5.40. The van der Waals surface area contributed by atoms with Gasteiger partial charge in [-0.1, -0.05) is 35.0 Å².